The molecule has 2 heterocycles. The third-order valence-electron chi connectivity index (χ3n) is 6.14. The number of hydrogen-bond acceptors (Lipinski definition) is 6. The minimum atomic E-state index is -0.412. The molecule has 1 aromatic heterocycles. The van der Waals surface area contributed by atoms with Gasteiger partial charge in [0, 0.05) is 17.2 Å². The van der Waals surface area contributed by atoms with E-state index in [0.29, 0.717) is 24.7 Å². The molecule has 0 fully saturated rings. The molecular formula is C25H29NO5. The Hall–Kier alpha value is -2.99. The first-order valence-corrected chi connectivity index (χ1v) is 10.5. The first kappa shape index (κ1) is 21.2. The van der Waals surface area contributed by atoms with Gasteiger partial charge in [-0.1, -0.05) is 5.16 Å². The van der Waals surface area contributed by atoms with Crippen molar-refractivity contribution >= 4 is 0 Å². The van der Waals surface area contributed by atoms with E-state index < -0.39 is 5.60 Å². The highest BCUT2D eigenvalue weighted by Crippen LogP contribution is 2.43. The van der Waals surface area contributed by atoms with Gasteiger partial charge in [-0.3, -0.25) is 0 Å². The molecule has 2 aromatic carbocycles. The number of benzene rings is 2. The molecule has 3 aromatic rings. The average molecular weight is 424 g/mol. The van der Waals surface area contributed by atoms with Crippen LogP contribution in [-0.2, 0) is 17.8 Å². The van der Waals surface area contributed by atoms with Crippen molar-refractivity contribution in [3.05, 3.63) is 58.3 Å². The van der Waals surface area contributed by atoms with E-state index in [9.17, 15) is 5.11 Å². The van der Waals surface area contributed by atoms with Crippen molar-refractivity contribution in [1.29, 1.82) is 0 Å². The van der Waals surface area contributed by atoms with E-state index in [0.717, 1.165) is 46.6 Å². The van der Waals surface area contributed by atoms with Crippen LogP contribution < -0.4 is 9.47 Å². The van der Waals surface area contributed by atoms with Crippen LogP contribution in [0.1, 0.15) is 41.4 Å². The van der Waals surface area contributed by atoms with Gasteiger partial charge in [-0.15, -0.1) is 0 Å². The van der Waals surface area contributed by atoms with Gasteiger partial charge in [-0.05, 0) is 81.5 Å². The Morgan fingerprint density at radius 3 is 2.55 bits per heavy atom. The third kappa shape index (κ3) is 4.12. The number of nitrogens with zero attached hydrogens (tertiary/aromatic N) is 1. The summed E-state index contributed by atoms with van der Waals surface area (Å²) < 4.78 is 23.5. The molecule has 4 rings (SSSR count). The average Bonchev–Trinajstić information content (AvgIpc) is 3.22. The molecule has 1 aliphatic heterocycles. The second kappa shape index (κ2) is 8.27. The lowest BCUT2D eigenvalue weighted by Crippen LogP contribution is -2.41. The molecule has 1 atom stereocenters. The first-order chi connectivity index (χ1) is 14.8. The summed E-state index contributed by atoms with van der Waals surface area (Å²) in [5.41, 5.74) is 5.81. The van der Waals surface area contributed by atoms with Crippen LogP contribution in [0.3, 0.4) is 0 Å². The Morgan fingerprint density at radius 1 is 1.10 bits per heavy atom. The van der Waals surface area contributed by atoms with Crippen LogP contribution in [0, 0.1) is 20.8 Å². The molecule has 6 nitrogen and oxygen atoms in total. The molecule has 31 heavy (non-hydrogen) atoms. The monoisotopic (exact) mass is 423 g/mol. The fraction of sp³-hybridized carbons (Fsp3) is 0.400. The third-order valence-corrected chi connectivity index (χ3v) is 6.14. The summed E-state index contributed by atoms with van der Waals surface area (Å²) >= 11 is 0. The molecule has 1 aliphatic rings. The van der Waals surface area contributed by atoms with Gasteiger partial charge >= 0.3 is 0 Å². The Morgan fingerprint density at radius 2 is 1.84 bits per heavy atom. The van der Waals surface area contributed by atoms with E-state index in [2.05, 4.69) is 32.9 Å². The second-order valence-electron chi connectivity index (χ2n) is 8.49. The maximum absolute atomic E-state index is 9.43. The lowest BCUT2D eigenvalue weighted by atomic mass is 9.87. The van der Waals surface area contributed by atoms with Crippen molar-refractivity contribution in [3.63, 3.8) is 0 Å². The van der Waals surface area contributed by atoms with Crippen LogP contribution in [0.5, 0.6) is 17.2 Å². The second-order valence-corrected chi connectivity index (χ2v) is 8.49. The topological polar surface area (TPSA) is 74.0 Å². The summed E-state index contributed by atoms with van der Waals surface area (Å²) in [4.78, 5) is 0. The summed E-state index contributed by atoms with van der Waals surface area (Å²) in [6.07, 6.45) is 1.79. The van der Waals surface area contributed by atoms with Crippen LogP contribution in [0.2, 0.25) is 0 Å². The van der Waals surface area contributed by atoms with Crippen molar-refractivity contribution in [2.45, 2.75) is 52.7 Å². The molecule has 6 heteroatoms. The van der Waals surface area contributed by atoms with Gasteiger partial charge in [0.1, 0.15) is 35.2 Å². The summed E-state index contributed by atoms with van der Waals surface area (Å²) in [5.74, 6) is 2.78. The number of phenols is 1. The normalized spacial score (nSPS) is 17.8. The number of rotatable bonds is 6. The molecule has 164 valence electrons. The van der Waals surface area contributed by atoms with Gasteiger partial charge in [-0.2, -0.15) is 0 Å². The lowest BCUT2D eigenvalue weighted by molar-refractivity contribution is -0.0383. The van der Waals surface area contributed by atoms with Crippen molar-refractivity contribution < 1.29 is 23.8 Å². The number of methoxy groups -OCH3 is 1. The Bertz CT molecular complexity index is 1090. The molecule has 1 N–H and O–H groups in total. The molecular weight excluding hydrogens is 394 g/mol. The molecule has 0 saturated heterocycles. The van der Waals surface area contributed by atoms with Crippen molar-refractivity contribution in [2.24, 2.45) is 0 Å². The first-order valence-electron chi connectivity index (χ1n) is 10.5. The van der Waals surface area contributed by atoms with E-state index in [1.54, 1.807) is 31.4 Å². The largest absolute Gasteiger partial charge is 0.508 e. The number of aromatic hydroxyl groups is 1. The minimum absolute atomic E-state index is 0.220. The fourth-order valence-electron chi connectivity index (χ4n) is 4.21. The quantitative estimate of drug-likeness (QED) is 0.581. The SMILES string of the molecule is COc1c(C)c(C)c2c(c1C)CCC(C)(COCc1cc(-c3ccc(O)cc3)no1)O2. The number of aromatic nitrogens is 1. The highest BCUT2D eigenvalue weighted by molar-refractivity contribution is 5.60. The summed E-state index contributed by atoms with van der Waals surface area (Å²) in [5, 5.41) is 13.5. The predicted octanol–water partition coefficient (Wildman–Crippen LogP) is 5.28. The number of hydrogen-bond donors (Lipinski definition) is 1. The zero-order chi connectivity index (χ0) is 22.2. The number of fused-ring (bicyclic) bond motifs is 1. The van der Waals surface area contributed by atoms with Crippen LogP contribution in [0.15, 0.2) is 34.9 Å². The van der Waals surface area contributed by atoms with Gasteiger partial charge in [-0.25, -0.2) is 0 Å². The molecule has 0 saturated carbocycles. The Balaban J connectivity index is 1.42. The molecule has 0 radical (unpaired) electrons. The van der Waals surface area contributed by atoms with Gasteiger partial charge in [0.25, 0.3) is 0 Å². The fourth-order valence-corrected chi connectivity index (χ4v) is 4.21. The van der Waals surface area contributed by atoms with Crippen LogP contribution in [0.25, 0.3) is 11.3 Å². The van der Waals surface area contributed by atoms with Crippen LogP contribution >= 0.6 is 0 Å². The maximum atomic E-state index is 9.43. The molecule has 0 bridgehead atoms. The van der Waals surface area contributed by atoms with E-state index in [-0.39, 0.29) is 5.75 Å². The number of ether oxygens (including phenoxy) is 3. The Kier molecular flexibility index (Phi) is 5.67. The van der Waals surface area contributed by atoms with E-state index >= 15 is 0 Å². The minimum Gasteiger partial charge on any atom is -0.508 e. The van der Waals surface area contributed by atoms with E-state index in [1.165, 1.54) is 5.56 Å². The van der Waals surface area contributed by atoms with Crippen molar-refractivity contribution in [2.75, 3.05) is 13.7 Å². The van der Waals surface area contributed by atoms with E-state index in [1.807, 2.05) is 6.07 Å². The highest BCUT2D eigenvalue weighted by Gasteiger charge is 2.35. The van der Waals surface area contributed by atoms with Crippen LogP contribution in [0.4, 0.5) is 0 Å². The molecule has 0 amide bonds. The number of phenolic OH excluding ortho intramolecular Hbond substituents is 1. The van der Waals surface area contributed by atoms with Gasteiger partial charge < -0.3 is 23.8 Å². The standard InChI is InChI=1S/C25H29NO5/c1-15-16(2)24-21(17(3)23(15)28-5)10-11-25(4,30-24)14-29-13-20-12-22(26-31-20)18-6-8-19(27)9-7-18/h6-9,12,27H,10-11,13-14H2,1-5H3. The summed E-state index contributed by atoms with van der Waals surface area (Å²) in [7, 11) is 1.72. The van der Waals surface area contributed by atoms with Gasteiger partial charge in [0.2, 0.25) is 0 Å². The summed E-state index contributed by atoms with van der Waals surface area (Å²) in [6.45, 7) is 9.11. The van der Waals surface area contributed by atoms with Gasteiger partial charge in [0.15, 0.2) is 5.76 Å². The highest BCUT2D eigenvalue weighted by atomic mass is 16.6. The van der Waals surface area contributed by atoms with Crippen LogP contribution in [-0.4, -0.2) is 29.6 Å². The van der Waals surface area contributed by atoms with Crippen molar-refractivity contribution in [1.82, 2.24) is 5.16 Å². The molecule has 1 unspecified atom stereocenters. The zero-order valence-electron chi connectivity index (χ0n) is 18.7. The Labute approximate surface area is 182 Å². The summed E-state index contributed by atoms with van der Waals surface area (Å²) in [6, 6.07) is 8.70. The molecule has 0 aliphatic carbocycles. The molecule has 0 spiro atoms. The predicted molar refractivity (Wildman–Crippen MR) is 118 cm³/mol. The maximum Gasteiger partial charge on any atom is 0.163 e. The smallest absolute Gasteiger partial charge is 0.163 e. The van der Waals surface area contributed by atoms with E-state index in [4.69, 9.17) is 18.7 Å². The zero-order valence-corrected chi connectivity index (χ0v) is 18.7. The van der Waals surface area contributed by atoms with Crippen molar-refractivity contribution in [3.8, 4) is 28.5 Å². The lowest BCUT2D eigenvalue weighted by Gasteiger charge is -2.37. The van der Waals surface area contributed by atoms with Gasteiger partial charge in [0.05, 0.1) is 13.7 Å².